The summed E-state index contributed by atoms with van der Waals surface area (Å²) in [5.41, 5.74) is 5.90. The molecule has 1 fully saturated rings. The van der Waals surface area contributed by atoms with E-state index in [0.29, 0.717) is 19.0 Å². The summed E-state index contributed by atoms with van der Waals surface area (Å²) in [5.74, 6) is 1.41. The van der Waals surface area contributed by atoms with Crippen molar-refractivity contribution in [2.24, 2.45) is 14.1 Å². The summed E-state index contributed by atoms with van der Waals surface area (Å²) in [6.45, 7) is 4.85. The number of fused-ring (bicyclic) bond motifs is 5. The SMILES string of the molecule is CCOc1nn(C)c2c1/C=C/c1[nH]nc3ccc(cc13)-c1cnn(C)c1O[C@H]1CNC[C@@H]1N(C)C2. The van der Waals surface area contributed by atoms with Crippen LogP contribution in [-0.2, 0) is 20.6 Å². The molecule has 2 aliphatic heterocycles. The molecule has 2 bridgehead atoms. The van der Waals surface area contributed by atoms with Gasteiger partial charge in [0, 0.05) is 39.1 Å². The Bertz CT molecular complexity index is 1410. The van der Waals surface area contributed by atoms with Crippen LogP contribution in [-0.4, -0.2) is 73.5 Å². The first-order chi connectivity index (χ1) is 17.0. The van der Waals surface area contributed by atoms with E-state index in [1.165, 1.54) is 0 Å². The Balaban J connectivity index is 1.55. The molecule has 0 unspecified atom stereocenters. The Morgan fingerprint density at radius 1 is 1.14 bits per heavy atom. The van der Waals surface area contributed by atoms with Gasteiger partial charge in [-0.3, -0.25) is 14.7 Å². The van der Waals surface area contributed by atoms with E-state index >= 15 is 0 Å². The molecule has 1 saturated heterocycles. The van der Waals surface area contributed by atoms with Crippen LogP contribution in [0.1, 0.15) is 23.9 Å². The third kappa shape index (κ3) is 3.69. The second kappa shape index (κ2) is 8.54. The average Bonchev–Trinajstić information content (AvgIpc) is 3.61. The quantitative estimate of drug-likeness (QED) is 0.460. The number of hydrogen-bond acceptors (Lipinski definition) is 7. The van der Waals surface area contributed by atoms with Crippen molar-refractivity contribution in [1.82, 2.24) is 40.0 Å². The van der Waals surface area contributed by atoms with Crippen LogP contribution in [0.25, 0.3) is 34.2 Å². The Morgan fingerprint density at radius 2 is 2.03 bits per heavy atom. The van der Waals surface area contributed by atoms with Crippen LogP contribution in [0.2, 0.25) is 0 Å². The number of H-pyrrole nitrogens is 1. The Hall–Kier alpha value is -3.63. The number of rotatable bonds is 2. The molecule has 5 heterocycles. The topological polar surface area (TPSA) is 98.1 Å². The zero-order valence-electron chi connectivity index (χ0n) is 20.4. The summed E-state index contributed by atoms with van der Waals surface area (Å²) in [4.78, 5) is 2.33. The molecule has 1 aromatic carbocycles. The van der Waals surface area contributed by atoms with E-state index in [0.717, 1.165) is 58.0 Å². The second-order valence-electron chi connectivity index (χ2n) is 9.21. The van der Waals surface area contributed by atoms with Crippen LogP contribution in [0.15, 0.2) is 24.4 Å². The molecule has 0 saturated carbocycles. The van der Waals surface area contributed by atoms with Crippen LogP contribution in [0.3, 0.4) is 0 Å². The minimum absolute atomic E-state index is 0.0222. The van der Waals surface area contributed by atoms with Gasteiger partial charge < -0.3 is 14.8 Å². The lowest BCUT2D eigenvalue weighted by Gasteiger charge is -2.29. The number of nitrogens with zero attached hydrogens (tertiary/aromatic N) is 6. The molecule has 2 aliphatic rings. The van der Waals surface area contributed by atoms with Gasteiger partial charge in [-0.2, -0.15) is 10.2 Å². The first-order valence-corrected chi connectivity index (χ1v) is 12.0. The van der Waals surface area contributed by atoms with Crippen molar-refractivity contribution in [3.63, 3.8) is 0 Å². The molecule has 0 amide bonds. The van der Waals surface area contributed by atoms with Crippen LogP contribution in [0.4, 0.5) is 0 Å². The number of nitrogens with one attached hydrogen (secondary N) is 2. The molecule has 0 radical (unpaired) electrons. The minimum Gasteiger partial charge on any atom is -0.476 e. The first-order valence-electron chi connectivity index (χ1n) is 12.0. The summed E-state index contributed by atoms with van der Waals surface area (Å²) >= 11 is 0. The van der Waals surface area contributed by atoms with E-state index in [2.05, 4.69) is 61.9 Å². The lowest BCUT2D eigenvalue weighted by Crippen LogP contribution is -2.43. The van der Waals surface area contributed by atoms with Crippen molar-refractivity contribution in [2.75, 3.05) is 26.7 Å². The number of ether oxygens (including phenoxy) is 2. The van der Waals surface area contributed by atoms with Gasteiger partial charge in [0.1, 0.15) is 6.10 Å². The zero-order valence-corrected chi connectivity index (χ0v) is 20.4. The van der Waals surface area contributed by atoms with Crippen LogP contribution >= 0.6 is 0 Å². The van der Waals surface area contributed by atoms with E-state index in [1.54, 1.807) is 0 Å². The molecule has 2 N–H and O–H groups in total. The predicted octanol–water partition coefficient (Wildman–Crippen LogP) is 2.43. The highest BCUT2D eigenvalue weighted by molar-refractivity contribution is 5.93. The lowest BCUT2D eigenvalue weighted by molar-refractivity contribution is 0.105. The molecule has 6 rings (SSSR count). The molecular formula is C25H30N8O2. The summed E-state index contributed by atoms with van der Waals surface area (Å²) in [6, 6.07) is 6.43. The van der Waals surface area contributed by atoms with Crippen LogP contribution in [0.5, 0.6) is 11.8 Å². The summed E-state index contributed by atoms with van der Waals surface area (Å²) in [5, 5.41) is 21.4. The van der Waals surface area contributed by atoms with Gasteiger partial charge in [-0.15, -0.1) is 5.10 Å². The van der Waals surface area contributed by atoms with E-state index in [4.69, 9.17) is 9.47 Å². The van der Waals surface area contributed by atoms with Crippen molar-refractivity contribution in [3.05, 3.63) is 41.3 Å². The Labute approximate surface area is 203 Å². The maximum Gasteiger partial charge on any atom is 0.240 e. The van der Waals surface area contributed by atoms with Gasteiger partial charge in [0.25, 0.3) is 0 Å². The molecule has 0 aliphatic carbocycles. The van der Waals surface area contributed by atoms with E-state index in [-0.39, 0.29) is 12.1 Å². The summed E-state index contributed by atoms with van der Waals surface area (Å²) < 4.78 is 16.3. The number of aromatic amines is 1. The maximum atomic E-state index is 6.66. The van der Waals surface area contributed by atoms with Crippen LogP contribution in [0, 0.1) is 0 Å². The van der Waals surface area contributed by atoms with Gasteiger partial charge in [-0.05, 0) is 43.8 Å². The predicted molar refractivity (Wildman–Crippen MR) is 134 cm³/mol. The number of hydrogen-bond donors (Lipinski definition) is 2. The number of aryl methyl sites for hydroxylation is 2. The van der Waals surface area contributed by atoms with Gasteiger partial charge in [0.15, 0.2) is 0 Å². The molecule has 4 aromatic rings. The van der Waals surface area contributed by atoms with Crippen molar-refractivity contribution < 1.29 is 9.47 Å². The highest BCUT2D eigenvalue weighted by atomic mass is 16.5. The number of aromatic nitrogens is 6. The standard InChI is InChI=1S/C25H30N8O2/c1-5-34-24-16-7-9-20-17-10-15(6-8-19(17)28-29-20)18-11-27-33(4)25(18)35-23-13-26-12-21(23)31(2)14-22(16)32(3)30-24/h6-11,21,23,26H,5,12-14H2,1-4H3,(H,28,29)/b9-7+/t21-,23-/m0/s1. The molecule has 10 nitrogen and oxygen atoms in total. The van der Waals surface area contributed by atoms with E-state index < -0.39 is 0 Å². The second-order valence-corrected chi connectivity index (χ2v) is 9.21. The fourth-order valence-electron chi connectivity index (χ4n) is 5.10. The molecule has 2 atom stereocenters. The fourth-order valence-corrected chi connectivity index (χ4v) is 5.10. The highest BCUT2D eigenvalue weighted by Gasteiger charge is 2.34. The Morgan fingerprint density at radius 3 is 2.89 bits per heavy atom. The first kappa shape index (κ1) is 21.9. The molecule has 182 valence electrons. The maximum absolute atomic E-state index is 6.66. The minimum atomic E-state index is -0.0222. The van der Waals surface area contributed by atoms with Gasteiger partial charge in [-0.1, -0.05) is 6.07 Å². The molecule has 3 aromatic heterocycles. The largest absolute Gasteiger partial charge is 0.476 e. The van der Waals surface area contributed by atoms with Gasteiger partial charge in [0.05, 0.1) is 46.9 Å². The lowest BCUT2D eigenvalue weighted by atomic mass is 10.1. The number of benzene rings is 1. The average molecular weight is 475 g/mol. The van der Waals surface area contributed by atoms with Crippen molar-refractivity contribution in [2.45, 2.75) is 25.6 Å². The normalized spacial score (nSPS) is 21.1. The Kier molecular flexibility index (Phi) is 5.34. The highest BCUT2D eigenvalue weighted by Crippen LogP contribution is 2.35. The third-order valence-electron chi connectivity index (χ3n) is 7.01. The van der Waals surface area contributed by atoms with E-state index in [9.17, 15) is 0 Å². The molecule has 35 heavy (non-hydrogen) atoms. The number of likely N-dealkylation sites (N-methyl/N-ethyl adjacent to an activating group) is 1. The fraction of sp³-hybridized carbons (Fsp3) is 0.400. The van der Waals surface area contributed by atoms with Crippen molar-refractivity contribution >= 4 is 23.1 Å². The summed E-state index contributed by atoms with van der Waals surface area (Å²) in [6.07, 6.45) is 5.99. The molecular weight excluding hydrogens is 444 g/mol. The van der Waals surface area contributed by atoms with Crippen LogP contribution < -0.4 is 14.8 Å². The smallest absolute Gasteiger partial charge is 0.240 e. The van der Waals surface area contributed by atoms with Gasteiger partial charge in [-0.25, -0.2) is 4.68 Å². The van der Waals surface area contributed by atoms with Crippen molar-refractivity contribution in [1.29, 1.82) is 0 Å². The van der Waals surface area contributed by atoms with Gasteiger partial charge >= 0.3 is 0 Å². The van der Waals surface area contributed by atoms with Crippen molar-refractivity contribution in [3.8, 4) is 22.9 Å². The summed E-state index contributed by atoms with van der Waals surface area (Å²) in [7, 11) is 6.03. The third-order valence-corrected chi connectivity index (χ3v) is 7.01. The molecule has 0 spiro atoms. The zero-order chi connectivity index (χ0) is 24.1. The van der Waals surface area contributed by atoms with Gasteiger partial charge in [0.2, 0.25) is 11.8 Å². The monoisotopic (exact) mass is 474 g/mol. The van der Waals surface area contributed by atoms with E-state index in [1.807, 2.05) is 42.6 Å². The molecule has 10 heteroatoms.